The third-order valence-electron chi connectivity index (χ3n) is 5.29. The van der Waals surface area contributed by atoms with Crippen molar-refractivity contribution >= 4 is 11.9 Å². The summed E-state index contributed by atoms with van der Waals surface area (Å²) in [7, 11) is 0. The minimum absolute atomic E-state index is 0.104. The second-order valence-corrected chi connectivity index (χ2v) is 7.24. The Morgan fingerprint density at radius 2 is 1.91 bits per heavy atom. The molecule has 3 aliphatic carbocycles. The molecule has 1 aromatic rings. The molecule has 6 nitrogen and oxygen atoms in total. The highest BCUT2D eigenvalue weighted by molar-refractivity contribution is 5.81. The van der Waals surface area contributed by atoms with Crippen molar-refractivity contribution in [3.8, 4) is 0 Å². The van der Waals surface area contributed by atoms with Gasteiger partial charge in [-0.2, -0.15) is 0 Å². The van der Waals surface area contributed by atoms with Gasteiger partial charge in [0.1, 0.15) is 11.5 Å². The molecular weight excluding hydrogens is 296 g/mol. The number of amides is 1. The number of carboxylic acid groups (broad SMARTS) is 1. The van der Waals surface area contributed by atoms with Gasteiger partial charge < -0.3 is 14.5 Å². The lowest BCUT2D eigenvalue weighted by Gasteiger charge is -2.24. The first-order chi connectivity index (χ1) is 11.1. The smallest absolute Gasteiger partial charge is 0.306 e. The zero-order valence-corrected chi connectivity index (χ0v) is 13.1. The third kappa shape index (κ3) is 3.12. The van der Waals surface area contributed by atoms with E-state index in [0.717, 1.165) is 24.3 Å². The molecule has 3 aliphatic rings. The maximum Gasteiger partial charge on any atom is 0.306 e. The molecule has 3 saturated carbocycles. The summed E-state index contributed by atoms with van der Waals surface area (Å²) in [5.74, 6) is 0.281. The van der Waals surface area contributed by atoms with Crippen LogP contribution in [-0.4, -0.2) is 33.1 Å². The van der Waals surface area contributed by atoms with Crippen LogP contribution in [0.15, 0.2) is 10.6 Å². The number of hydrogen-bond donors (Lipinski definition) is 1. The van der Waals surface area contributed by atoms with Gasteiger partial charge in [-0.3, -0.25) is 9.59 Å². The standard InChI is InChI=1S/C17H22N2O4/c20-16(11-3-4-12(7-11)17(21)22)19(14-5-6-14)9-13-8-15(23-18-13)10-1-2-10/h8,10-12,14H,1-7,9H2,(H,21,22)/t11-,12+/m0/s1. The molecule has 0 radical (unpaired) electrons. The van der Waals surface area contributed by atoms with Gasteiger partial charge in [-0.25, -0.2) is 0 Å². The van der Waals surface area contributed by atoms with Gasteiger partial charge >= 0.3 is 5.97 Å². The van der Waals surface area contributed by atoms with E-state index in [4.69, 9.17) is 9.63 Å². The molecule has 0 unspecified atom stereocenters. The normalized spacial score (nSPS) is 27.1. The highest BCUT2D eigenvalue weighted by atomic mass is 16.5. The van der Waals surface area contributed by atoms with E-state index < -0.39 is 5.97 Å². The van der Waals surface area contributed by atoms with Crippen molar-refractivity contribution < 1.29 is 19.2 Å². The van der Waals surface area contributed by atoms with Gasteiger partial charge in [0.15, 0.2) is 0 Å². The van der Waals surface area contributed by atoms with Crippen LogP contribution in [0.1, 0.15) is 62.3 Å². The van der Waals surface area contributed by atoms with Crippen molar-refractivity contribution in [2.24, 2.45) is 11.8 Å². The molecule has 1 aromatic heterocycles. The fraction of sp³-hybridized carbons (Fsp3) is 0.706. The zero-order valence-electron chi connectivity index (χ0n) is 13.1. The third-order valence-corrected chi connectivity index (χ3v) is 5.29. The van der Waals surface area contributed by atoms with E-state index in [9.17, 15) is 9.59 Å². The lowest BCUT2D eigenvalue weighted by molar-refractivity contribution is -0.141. The first kappa shape index (κ1) is 14.7. The minimum Gasteiger partial charge on any atom is -0.481 e. The topological polar surface area (TPSA) is 83.6 Å². The van der Waals surface area contributed by atoms with E-state index in [0.29, 0.717) is 37.8 Å². The van der Waals surface area contributed by atoms with E-state index in [-0.39, 0.29) is 17.7 Å². The van der Waals surface area contributed by atoms with E-state index in [1.54, 1.807) is 0 Å². The first-order valence-electron chi connectivity index (χ1n) is 8.60. The van der Waals surface area contributed by atoms with Crippen molar-refractivity contribution in [2.45, 2.75) is 63.5 Å². The summed E-state index contributed by atoms with van der Waals surface area (Å²) in [5.41, 5.74) is 0.819. The molecule has 3 fully saturated rings. The Morgan fingerprint density at radius 3 is 2.52 bits per heavy atom. The Balaban J connectivity index is 1.42. The molecule has 124 valence electrons. The van der Waals surface area contributed by atoms with Gasteiger partial charge in [-0.05, 0) is 44.9 Å². The van der Waals surface area contributed by atoms with Crippen molar-refractivity contribution in [1.29, 1.82) is 0 Å². The van der Waals surface area contributed by atoms with Gasteiger partial charge in [-0.15, -0.1) is 0 Å². The molecule has 0 spiro atoms. The van der Waals surface area contributed by atoms with Gasteiger partial charge in [0.2, 0.25) is 5.91 Å². The average Bonchev–Trinajstić information content (AvgIpc) is 3.46. The summed E-state index contributed by atoms with van der Waals surface area (Å²) < 4.78 is 5.38. The quantitative estimate of drug-likeness (QED) is 0.871. The number of nitrogens with zero attached hydrogens (tertiary/aromatic N) is 2. The number of carbonyl (C=O) groups excluding carboxylic acids is 1. The van der Waals surface area contributed by atoms with Crippen molar-refractivity contribution in [1.82, 2.24) is 10.1 Å². The number of aromatic nitrogens is 1. The lowest BCUT2D eigenvalue weighted by Crippen LogP contribution is -2.37. The Bertz CT molecular complexity index is 618. The Labute approximate surface area is 134 Å². The van der Waals surface area contributed by atoms with E-state index in [2.05, 4.69) is 5.16 Å². The van der Waals surface area contributed by atoms with Gasteiger partial charge in [0.25, 0.3) is 0 Å². The number of aliphatic carboxylic acids is 1. The summed E-state index contributed by atoms with van der Waals surface area (Å²) in [5, 5.41) is 13.2. The first-order valence-corrected chi connectivity index (χ1v) is 8.60. The predicted molar refractivity (Wildman–Crippen MR) is 80.5 cm³/mol. The van der Waals surface area contributed by atoms with Gasteiger partial charge in [-0.1, -0.05) is 5.16 Å². The van der Waals surface area contributed by atoms with Crippen molar-refractivity contribution in [3.05, 3.63) is 17.5 Å². The number of carbonyl (C=O) groups is 2. The lowest BCUT2D eigenvalue weighted by atomic mass is 10.0. The molecule has 1 N–H and O–H groups in total. The molecule has 2 atom stereocenters. The Hall–Kier alpha value is -1.85. The fourth-order valence-corrected chi connectivity index (χ4v) is 3.58. The Kier molecular flexibility index (Phi) is 3.62. The van der Waals surface area contributed by atoms with Gasteiger partial charge in [0, 0.05) is 23.9 Å². The molecule has 4 rings (SSSR count). The maximum atomic E-state index is 12.8. The van der Waals surface area contributed by atoms with Crippen LogP contribution in [0.2, 0.25) is 0 Å². The highest BCUT2D eigenvalue weighted by Crippen LogP contribution is 2.41. The fourth-order valence-electron chi connectivity index (χ4n) is 3.58. The second kappa shape index (κ2) is 5.65. The van der Waals surface area contributed by atoms with Crippen LogP contribution in [0, 0.1) is 11.8 Å². The molecular formula is C17H22N2O4. The summed E-state index contributed by atoms with van der Waals surface area (Å²) in [6.07, 6.45) is 6.17. The monoisotopic (exact) mass is 318 g/mol. The molecule has 6 heteroatoms. The van der Waals surface area contributed by atoms with Crippen LogP contribution in [0.25, 0.3) is 0 Å². The second-order valence-electron chi connectivity index (χ2n) is 7.24. The van der Waals surface area contributed by atoms with Crippen molar-refractivity contribution in [3.63, 3.8) is 0 Å². The molecule has 1 amide bonds. The van der Waals surface area contributed by atoms with Gasteiger partial charge in [0.05, 0.1) is 12.5 Å². The largest absolute Gasteiger partial charge is 0.481 e. The minimum atomic E-state index is -0.774. The molecule has 1 heterocycles. The van der Waals surface area contributed by atoms with Crippen LogP contribution in [0.3, 0.4) is 0 Å². The Morgan fingerprint density at radius 1 is 1.17 bits per heavy atom. The number of rotatable bonds is 6. The summed E-state index contributed by atoms with van der Waals surface area (Å²) >= 11 is 0. The molecule has 0 aromatic carbocycles. The maximum absolute atomic E-state index is 12.8. The summed E-state index contributed by atoms with van der Waals surface area (Å²) in [4.78, 5) is 25.8. The van der Waals surface area contributed by atoms with E-state index in [1.165, 1.54) is 12.8 Å². The molecule has 0 saturated heterocycles. The van der Waals surface area contributed by atoms with Crippen LogP contribution in [-0.2, 0) is 16.1 Å². The molecule has 0 aliphatic heterocycles. The summed E-state index contributed by atoms with van der Waals surface area (Å²) in [6, 6.07) is 2.28. The van der Waals surface area contributed by atoms with Crippen LogP contribution in [0.5, 0.6) is 0 Å². The van der Waals surface area contributed by atoms with Crippen LogP contribution < -0.4 is 0 Å². The number of hydrogen-bond acceptors (Lipinski definition) is 4. The molecule has 23 heavy (non-hydrogen) atoms. The van der Waals surface area contributed by atoms with Crippen LogP contribution >= 0.6 is 0 Å². The highest BCUT2D eigenvalue weighted by Gasteiger charge is 2.40. The van der Waals surface area contributed by atoms with Crippen molar-refractivity contribution in [2.75, 3.05) is 0 Å². The summed E-state index contributed by atoms with van der Waals surface area (Å²) in [6.45, 7) is 0.494. The zero-order chi connectivity index (χ0) is 16.0. The average molecular weight is 318 g/mol. The molecule has 0 bridgehead atoms. The van der Waals surface area contributed by atoms with Crippen LogP contribution in [0.4, 0.5) is 0 Å². The van der Waals surface area contributed by atoms with E-state index >= 15 is 0 Å². The predicted octanol–water partition coefficient (Wildman–Crippen LogP) is 2.54. The number of carboxylic acids is 1. The SMILES string of the molecule is O=C(O)[C@@H]1CC[C@H](C(=O)N(Cc2cc(C3CC3)on2)C2CC2)C1. The van der Waals surface area contributed by atoms with E-state index in [1.807, 2.05) is 11.0 Å².